The number of amidine groups is 1. The van der Waals surface area contributed by atoms with Gasteiger partial charge in [-0.25, -0.2) is 15.0 Å². The van der Waals surface area contributed by atoms with Gasteiger partial charge in [0.2, 0.25) is 0 Å². The molecule has 0 saturated heterocycles. The van der Waals surface area contributed by atoms with Crippen molar-refractivity contribution in [2.45, 2.75) is 25.9 Å². The van der Waals surface area contributed by atoms with Crippen LogP contribution in [0.1, 0.15) is 44.0 Å². The van der Waals surface area contributed by atoms with E-state index < -0.39 is 6.14 Å². The van der Waals surface area contributed by atoms with Crippen LogP contribution in [0.3, 0.4) is 0 Å². The second-order valence-electron chi connectivity index (χ2n) is 7.28. The number of benzene rings is 1. The molecule has 3 aromatic rings. The Labute approximate surface area is 183 Å². The third-order valence-electron chi connectivity index (χ3n) is 5.08. The molecular weight excluding hydrogens is 390 g/mol. The van der Waals surface area contributed by atoms with Crippen LogP contribution in [-0.4, -0.2) is 46.4 Å². The fraction of sp³-hybridized carbons (Fsp3) is 0.261. The van der Waals surface area contributed by atoms with Gasteiger partial charge < -0.3 is 10.6 Å². The van der Waals surface area contributed by atoms with Crippen molar-refractivity contribution in [3.63, 3.8) is 0 Å². The Morgan fingerprint density at radius 3 is 3.03 bits per heavy atom. The summed E-state index contributed by atoms with van der Waals surface area (Å²) in [5.74, 6) is 0.383. The van der Waals surface area contributed by atoms with Crippen molar-refractivity contribution < 1.29 is 7.54 Å². The first-order chi connectivity index (χ1) is 15.8. The molecule has 31 heavy (non-hydrogen) atoms. The normalized spacial score (nSPS) is 20.1. The summed E-state index contributed by atoms with van der Waals surface area (Å²) in [6.45, 7) is 4.27. The molecule has 0 bridgehead atoms. The van der Waals surface area contributed by atoms with Gasteiger partial charge in [0.15, 0.2) is 0 Å². The fourth-order valence-corrected chi connectivity index (χ4v) is 3.54. The number of nitrogens with one attached hydrogen (secondary N) is 3. The monoisotopic (exact) mass is 417 g/mol. The second-order valence-corrected chi connectivity index (χ2v) is 7.28. The van der Waals surface area contributed by atoms with Crippen LogP contribution in [0.2, 0.25) is 0 Å². The first kappa shape index (κ1) is 18.1. The Morgan fingerprint density at radius 1 is 1.35 bits per heavy atom. The number of rotatable bonds is 6. The predicted molar refractivity (Wildman–Crippen MR) is 122 cm³/mol. The van der Waals surface area contributed by atoms with E-state index in [4.69, 9.17) is 2.74 Å². The van der Waals surface area contributed by atoms with Gasteiger partial charge in [0.25, 0.3) is 5.91 Å². The highest BCUT2D eigenvalue weighted by atomic mass is 16.1. The molecule has 158 valence electrons. The van der Waals surface area contributed by atoms with Crippen molar-refractivity contribution in [3.05, 3.63) is 71.9 Å². The average molecular weight is 418 g/mol. The molecule has 8 nitrogen and oxygen atoms in total. The number of fused-ring (bicyclic) bond motifs is 1. The molecule has 0 spiro atoms. The van der Waals surface area contributed by atoms with Gasteiger partial charge in [0.1, 0.15) is 12.2 Å². The van der Waals surface area contributed by atoms with E-state index in [1.54, 1.807) is 32.3 Å². The molecule has 1 aliphatic heterocycles. The molecule has 0 saturated carbocycles. The lowest BCUT2D eigenvalue weighted by molar-refractivity contribution is 0.0964. The van der Waals surface area contributed by atoms with Crippen molar-refractivity contribution >= 4 is 28.3 Å². The molecule has 8 heteroatoms. The van der Waals surface area contributed by atoms with E-state index in [1.165, 1.54) is 12.5 Å². The SMILES string of the molecule is [2H]c1ncncc1C1=CC([2H])(NCC(C)c2cccc3c(C(=O)NC)ccnc23)NC(C)=N1. The fourth-order valence-electron chi connectivity index (χ4n) is 3.54. The summed E-state index contributed by atoms with van der Waals surface area (Å²) in [5, 5.41) is 9.75. The molecular formula is C23H25N7O. The van der Waals surface area contributed by atoms with Gasteiger partial charge in [-0.05, 0) is 30.5 Å². The van der Waals surface area contributed by atoms with Crippen molar-refractivity contribution in [3.8, 4) is 0 Å². The number of aromatic nitrogens is 3. The Balaban J connectivity index is 1.59. The minimum atomic E-state index is -1.33. The van der Waals surface area contributed by atoms with Crippen LogP contribution >= 0.6 is 0 Å². The maximum absolute atomic E-state index is 12.3. The first-order valence-corrected chi connectivity index (χ1v) is 9.99. The zero-order valence-electron chi connectivity index (χ0n) is 19.6. The van der Waals surface area contributed by atoms with Crippen LogP contribution in [0.15, 0.2) is 60.2 Å². The lowest BCUT2D eigenvalue weighted by atomic mass is 9.96. The van der Waals surface area contributed by atoms with E-state index in [9.17, 15) is 4.79 Å². The first-order valence-electron chi connectivity index (χ1n) is 11.0. The van der Waals surface area contributed by atoms with E-state index in [0.29, 0.717) is 29.2 Å². The molecule has 1 amide bonds. The number of nitrogens with zero attached hydrogens (tertiary/aromatic N) is 4. The Morgan fingerprint density at radius 2 is 2.23 bits per heavy atom. The molecule has 2 unspecified atom stereocenters. The summed E-state index contributed by atoms with van der Waals surface area (Å²) >= 11 is 0. The van der Waals surface area contributed by atoms with Crippen LogP contribution in [0.5, 0.6) is 0 Å². The lowest BCUT2D eigenvalue weighted by Gasteiger charge is -2.25. The zero-order chi connectivity index (χ0) is 23.6. The highest BCUT2D eigenvalue weighted by Gasteiger charge is 2.18. The number of carbonyl (C=O) groups excluding carboxylic acids is 1. The molecule has 3 heterocycles. The highest BCUT2D eigenvalue weighted by Crippen LogP contribution is 2.26. The van der Waals surface area contributed by atoms with Gasteiger partial charge in [-0.15, -0.1) is 0 Å². The molecule has 2 aromatic heterocycles. The number of amides is 1. The van der Waals surface area contributed by atoms with Gasteiger partial charge in [0, 0.05) is 43.1 Å². The standard InChI is InChI=1S/C23H25N7O/c1-14(17-5-4-6-18-19(23(31)24-3)7-8-27-22(17)18)10-28-21-9-20(29-15(2)30-21)16-11-25-13-26-12-16/h4-9,11-14,21,28H,10H2,1-3H3,(H,24,31)(H,29,30)/i11D,21D. The zero-order valence-corrected chi connectivity index (χ0v) is 17.6. The van der Waals surface area contributed by atoms with Crippen LogP contribution in [0, 0.1) is 0 Å². The topological polar surface area (TPSA) is 104 Å². The van der Waals surface area contributed by atoms with Crippen molar-refractivity contribution in [1.82, 2.24) is 30.9 Å². The van der Waals surface area contributed by atoms with Crippen LogP contribution in [0.4, 0.5) is 0 Å². The maximum atomic E-state index is 12.3. The largest absolute Gasteiger partial charge is 0.355 e. The quantitative estimate of drug-likeness (QED) is 0.569. The molecule has 4 rings (SSSR count). The molecule has 0 fully saturated rings. The van der Waals surface area contributed by atoms with Crippen molar-refractivity contribution in [2.24, 2.45) is 4.99 Å². The van der Waals surface area contributed by atoms with Gasteiger partial charge in [-0.3, -0.25) is 15.1 Å². The van der Waals surface area contributed by atoms with Crippen molar-refractivity contribution in [2.75, 3.05) is 13.6 Å². The summed E-state index contributed by atoms with van der Waals surface area (Å²) < 4.78 is 16.9. The summed E-state index contributed by atoms with van der Waals surface area (Å²) in [6.07, 6.45) is 4.82. The minimum Gasteiger partial charge on any atom is -0.355 e. The van der Waals surface area contributed by atoms with Crippen LogP contribution in [-0.2, 0) is 0 Å². The third-order valence-corrected chi connectivity index (χ3v) is 5.08. The summed E-state index contributed by atoms with van der Waals surface area (Å²) in [6, 6.07) is 7.50. The van der Waals surface area contributed by atoms with Crippen LogP contribution in [0.25, 0.3) is 16.6 Å². The number of hydrogen-bond donors (Lipinski definition) is 3. The molecule has 2 atom stereocenters. The Bertz CT molecular complexity index is 1280. The third kappa shape index (κ3) is 4.44. The second kappa shape index (κ2) is 9.01. The minimum absolute atomic E-state index is 0.00650. The number of aliphatic imine (C=N–C) groups is 1. The van der Waals surface area contributed by atoms with E-state index in [-0.39, 0.29) is 18.0 Å². The predicted octanol–water partition coefficient (Wildman–Crippen LogP) is 2.47. The van der Waals surface area contributed by atoms with Crippen molar-refractivity contribution in [1.29, 1.82) is 0 Å². The van der Waals surface area contributed by atoms with E-state index >= 15 is 0 Å². The molecule has 0 aliphatic carbocycles. The van der Waals surface area contributed by atoms with Gasteiger partial charge in [-0.2, -0.15) is 0 Å². The number of pyridine rings is 1. The summed E-state index contributed by atoms with van der Waals surface area (Å²) in [4.78, 5) is 29.1. The number of para-hydroxylation sites is 1. The molecule has 0 radical (unpaired) electrons. The van der Waals surface area contributed by atoms with Gasteiger partial charge in [-0.1, -0.05) is 25.1 Å². The molecule has 1 aliphatic rings. The van der Waals surface area contributed by atoms with E-state index in [1.807, 2.05) is 25.1 Å². The smallest absolute Gasteiger partial charge is 0.251 e. The van der Waals surface area contributed by atoms with E-state index in [2.05, 4.69) is 35.9 Å². The number of carbonyl (C=O) groups is 1. The van der Waals surface area contributed by atoms with Gasteiger partial charge >= 0.3 is 0 Å². The lowest BCUT2D eigenvalue weighted by Crippen LogP contribution is -2.46. The summed E-state index contributed by atoms with van der Waals surface area (Å²) in [5.41, 5.74) is 3.24. The average Bonchev–Trinajstić information content (AvgIpc) is 2.81. The Hall–Kier alpha value is -3.65. The van der Waals surface area contributed by atoms with Gasteiger partial charge in [0.05, 0.1) is 25.7 Å². The Kier molecular flexibility index (Phi) is 5.27. The summed E-state index contributed by atoms with van der Waals surface area (Å²) in [7, 11) is 1.61. The number of hydrogen-bond acceptors (Lipinski definition) is 7. The maximum Gasteiger partial charge on any atom is 0.251 e. The highest BCUT2D eigenvalue weighted by molar-refractivity contribution is 6.06. The molecule has 3 N–H and O–H groups in total. The molecule has 1 aromatic carbocycles. The van der Waals surface area contributed by atoms with E-state index in [0.717, 1.165) is 16.5 Å². The van der Waals surface area contributed by atoms with Crippen LogP contribution < -0.4 is 16.0 Å².